The van der Waals surface area contributed by atoms with Crippen molar-refractivity contribution in [2.45, 2.75) is 79.6 Å². The van der Waals surface area contributed by atoms with E-state index in [4.69, 9.17) is 5.73 Å². The van der Waals surface area contributed by atoms with Crippen LogP contribution in [0.15, 0.2) is 0 Å². The van der Waals surface area contributed by atoms with E-state index < -0.39 is 0 Å². The highest BCUT2D eigenvalue weighted by atomic mass is 14.5. The Labute approximate surface area is 92.5 Å². The van der Waals surface area contributed by atoms with Gasteiger partial charge in [-0.1, -0.05) is 73.1 Å². The monoisotopic (exact) mass is 203 g/mol. The first-order valence-electron chi connectivity index (χ1n) is 6.53. The van der Waals surface area contributed by atoms with Gasteiger partial charge in [-0.2, -0.15) is 0 Å². The van der Waals surface area contributed by atoms with Crippen LogP contribution in [0, 0.1) is 0 Å². The van der Waals surface area contributed by atoms with E-state index >= 15 is 0 Å². The molecule has 0 rings (SSSR count). The fraction of sp³-hybridized carbons (Fsp3) is 1.00. The van der Waals surface area contributed by atoms with E-state index in [1.807, 2.05) is 13.8 Å². The van der Waals surface area contributed by atoms with E-state index in [0.29, 0.717) is 0 Å². The van der Waals surface area contributed by atoms with E-state index in [-0.39, 0.29) is 0 Å². The molecule has 1 heteroatoms. The molecule has 0 aliphatic carbocycles. The molecule has 0 unspecified atom stereocenters. The zero-order chi connectivity index (χ0) is 11.7. The molecule has 0 radical (unpaired) electrons. The quantitative estimate of drug-likeness (QED) is 0.619. The highest BCUT2D eigenvalue weighted by Crippen LogP contribution is 2.03. The summed E-state index contributed by atoms with van der Waals surface area (Å²) >= 11 is 0. The molecule has 90 valence electrons. The first-order chi connectivity index (χ1) is 6.83. The molecule has 0 atom stereocenters. The Morgan fingerprint density at radius 1 is 0.714 bits per heavy atom. The van der Waals surface area contributed by atoms with Gasteiger partial charge in [0.25, 0.3) is 0 Å². The first kappa shape index (κ1) is 19.5. The van der Waals surface area contributed by atoms with Gasteiger partial charge < -0.3 is 5.73 Å². The van der Waals surface area contributed by atoms with Crippen molar-refractivity contribution in [3.63, 3.8) is 0 Å². The average molecular weight is 203 g/mol. The van der Waals surface area contributed by atoms with Gasteiger partial charge in [0, 0.05) is 0 Å². The minimum absolute atomic E-state index is 0.867. The SMILES string of the molecule is CC.CCC.CCCCCCCCN. The normalized spacial score (nSPS) is 8.14. The summed E-state index contributed by atoms with van der Waals surface area (Å²) in [4.78, 5) is 0. The number of unbranched alkanes of at least 4 members (excludes halogenated alkanes) is 5. The summed E-state index contributed by atoms with van der Waals surface area (Å²) < 4.78 is 0. The Bertz CT molecular complexity index is 47.2. The van der Waals surface area contributed by atoms with Crippen LogP contribution in [0.3, 0.4) is 0 Å². The third-order valence-electron chi connectivity index (χ3n) is 1.56. The second kappa shape index (κ2) is 29.3. The maximum Gasteiger partial charge on any atom is -0.00773 e. The minimum atomic E-state index is 0.867. The molecule has 0 aromatic heterocycles. The van der Waals surface area contributed by atoms with E-state index in [2.05, 4.69) is 20.8 Å². The molecular weight excluding hydrogens is 170 g/mol. The molecule has 0 aromatic rings. The van der Waals surface area contributed by atoms with Crippen LogP contribution < -0.4 is 5.73 Å². The maximum absolute atomic E-state index is 5.34. The van der Waals surface area contributed by atoms with Crippen molar-refractivity contribution in [2.24, 2.45) is 5.73 Å². The van der Waals surface area contributed by atoms with Gasteiger partial charge in [-0.3, -0.25) is 0 Å². The Balaban J connectivity index is -0.000000205. The Morgan fingerprint density at radius 2 is 1.07 bits per heavy atom. The van der Waals surface area contributed by atoms with Crippen LogP contribution in [-0.2, 0) is 0 Å². The summed E-state index contributed by atoms with van der Waals surface area (Å²) in [5.41, 5.74) is 5.34. The first-order valence-corrected chi connectivity index (χ1v) is 6.53. The van der Waals surface area contributed by atoms with Gasteiger partial charge in [-0.25, -0.2) is 0 Å². The Hall–Kier alpha value is -0.0400. The van der Waals surface area contributed by atoms with Crippen molar-refractivity contribution in [3.8, 4) is 0 Å². The summed E-state index contributed by atoms with van der Waals surface area (Å²) in [5, 5.41) is 0. The molecule has 0 bridgehead atoms. The summed E-state index contributed by atoms with van der Waals surface area (Å²) in [6.07, 6.45) is 9.30. The molecule has 0 aliphatic heterocycles. The summed E-state index contributed by atoms with van der Waals surface area (Å²) in [7, 11) is 0. The van der Waals surface area contributed by atoms with Crippen LogP contribution >= 0.6 is 0 Å². The number of hydrogen-bond donors (Lipinski definition) is 1. The van der Waals surface area contributed by atoms with Crippen molar-refractivity contribution >= 4 is 0 Å². The smallest absolute Gasteiger partial charge is 0.00773 e. The van der Waals surface area contributed by atoms with Crippen molar-refractivity contribution in [1.29, 1.82) is 0 Å². The topological polar surface area (TPSA) is 26.0 Å². The van der Waals surface area contributed by atoms with Gasteiger partial charge in [0.05, 0.1) is 0 Å². The number of nitrogens with two attached hydrogens (primary N) is 1. The van der Waals surface area contributed by atoms with E-state index in [9.17, 15) is 0 Å². The molecule has 2 N–H and O–H groups in total. The lowest BCUT2D eigenvalue weighted by Gasteiger charge is -1.96. The standard InChI is InChI=1S/C8H19N.C3H8.C2H6/c1-2-3-4-5-6-7-8-9;1-3-2;1-2/h2-9H2,1H3;3H2,1-2H3;1-2H3. The maximum atomic E-state index is 5.34. The lowest BCUT2D eigenvalue weighted by molar-refractivity contribution is 0.612. The van der Waals surface area contributed by atoms with Crippen molar-refractivity contribution in [3.05, 3.63) is 0 Å². The Kier molecular flexibility index (Phi) is 40.8. The highest BCUT2D eigenvalue weighted by Gasteiger charge is 1.85. The predicted octanol–water partition coefficient (Wildman–Crippen LogP) is 4.75. The average Bonchev–Trinajstić information content (AvgIpc) is 2.22. The van der Waals surface area contributed by atoms with Gasteiger partial charge in [-0.05, 0) is 13.0 Å². The second-order valence-corrected chi connectivity index (χ2v) is 3.26. The minimum Gasteiger partial charge on any atom is -0.330 e. The summed E-state index contributed by atoms with van der Waals surface area (Å²) in [5.74, 6) is 0. The van der Waals surface area contributed by atoms with E-state index in [1.165, 1.54) is 44.9 Å². The zero-order valence-electron chi connectivity index (χ0n) is 11.2. The molecule has 0 amide bonds. The van der Waals surface area contributed by atoms with Crippen LogP contribution in [0.1, 0.15) is 79.6 Å². The second-order valence-electron chi connectivity index (χ2n) is 3.26. The molecule has 0 spiro atoms. The molecular formula is C13H33N. The van der Waals surface area contributed by atoms with Crippen LogP contribution in [0.2, 0.25) is 0 Å². The number of hydrogen-bond acceptors (Lipinski definition) is 1. The molecule has 14 heavy (non-hydrogen) atoms. The molecule has 1 nitrogen and oxygen atoms in total. The molecule has 0 aliphatic rings. The van der Waals surface area contributed by atoms with E-state index in [0.717, 1.165) is 6.54 Å². The fourth-order valence-corrected chi connectivity index (χ4v) is 0.925. The van der Waals surface area contributed by atoms with Gasteiger partial charge in [-0.15, -0.1) is 0 Å². The lowest BCUT2D eigenvalue weighted by Crippen LogP contribution is -1.97. The van der Waals surface area contributed by atoms with Gasteiger partial charge >= 0.3 is 0 Å². The van der Waals surface area contributed by atoms with Crippen molar-refractivity contribution in [2.75, 3.05) is 6.54 Å². The van der Waals surface area contributed by atoms with E-state index in [1.54, 1.807) is 0 Å². The fourth-order valence-electron chi connectivity index (χ4n) is 0.925. The van der Waals surface area contributed by atoms with Crippen LogP contribution in [0.4, 0.5) is 0 Å². The third-order valence-corrected chi connectivity index (χ3v) is 1.56. The lowest BCUT2D eigenvalue weighted by atomic mass is 10.1. The number of rotatable bonds is 6. The third kappa shape index (κ3) is 40.4. The van der Waals surface area contributed by atoms with Gasteiger partial charge in [0.2, 0.25) is 0 Å². The molecule has 0 saturated heterocycles. The van der Waals surface area contributed by atoms with Crippen LogP contribution in [-0.4, -0.2) is 6.54 Å². The summed E-state index contributed by atoms with van der Waals surface area (Å²) in [6.45, 7) is 11.4. The largest absolute Gasteiger partial charge is 0.330 e. The molecule has 0 heterocycles. The van der Waals surface area contributed by atoms with Crippen molar-refractivity contribution < 1.29 is 0 Å². The van der Waals surface area contributed by atoms with Crippen LogP contribution in [0.5, 0.6) is 0 Å². The van der Waals surface area contributed by atoms with Crippen LogP contribution in [0.25, 0.3) is 0 Å². The molecule has 0 aromatic carbocycles. The zero-order valence-corrected chi connectivity index (χ0v) is 11.2. The van der Waals surface area contributed by atoms with Crippen molar-refractivity contribution in [1.82, 2.24) is 0 Å². The van der Waals surface area contributed by atoms with Gasteiger partial charge in [0.15, 0.2) is 0 Å². The molecule has 0 fully saturated rings. The molecule has 0 saturated carbocycles. The predicted molar refractivity (Wildman–Crippen MR) is 69.7 cm³/mol. The highest BCUT2D eigenvalue weighted by molar-refractivity contribution is 4.43. The Morgan fingerprint density at radius 3 is 1.43 bits per heavy atom. The summed E-state index contributed by atoms with van der Waals surface area (Å²) in [6, 6.07) is 0. The van der Waals surface area contributed by atoms with Gasteiger partial charge in [0.1, 0.15) is 0 Å².